The highest BCUT2D eigenvalue weighted by molar-refractivity contribution is 6.32. The smallest absolute Gasteiger partial charge is 0.278 e. The Morgan fingerprint density at radius 1 is 1.10 bits per heavy atom. The monoisotopic (exact) mass is 397 g/mol. The van der Waals surface area contributed by atoms with E-state index in [4.69, 9.17) is 14.3 Å². The molecule has 0 spiro atoms. The number of amides is 2. The minimum atomic E-state index is -1.14. The summed E-state index contributed by atoms with van der Waals surface area (Å²) >= 11 is 0. The fourth-order valence-corrected chi connectivity index (χ4v) is 3.41. The number of carbonyl (C=O) groups excluding carboxylic acids is 2. The summed E-state index contributed by atoms with van der Waals surface area (Å²) in [6.07, 6.45) is -1.14. The van der Waals surface area contributed by atoms with Crippen LogP contribution in [0.15, 0.2) is 47.6 Å². The number of benzene rings is 2. The summed E-state index contributed by atoms with van der Waals surface area (Å²) < 4.78 is 10.5. The summed E-state index contributed by atoms with van der Waals surface area (Å²) in [5.74, 6) is -1.24. The third-order valence-electron chi connectivity index (χ3n) is 4.80. The third-order valence-corrected chi connectivity index (χ3v) is 4.80. The molecule has 1 fully saturated rings. The highest BCUT2D eigenvalue weighted by Crippen LogP contribution is 2.38. The summed E-state index contributed by atoms with van der Waals surface area (Å²) in [6.45, 7) is 0. The lowest BCUT2D eigenvalue weighted by atomic mass is 9.93. The van der Waals surface area contributed by atoms with E-state index in [1.807, 2.05) is 0 Å². The predicted molar refractivity (Wildman–Crippen MR) is 100 cm³/mol. The summed E-state index contributed by atoms with van der Waals surface area (Å²) in [7, 11) is 2.97. The summed E-state index contributed by atoms with van der Waals surface area (Å²) in [5, 5.41) is 15.0. The molecule has 2 heterocycles. The van der Waals surface area contributed by atoms with Gasteiger partial charge in [0.15, 0.2) is 0 Å². The highest BCUT2D eigenvalue weighted by Gasteiger charge is 2.56. The number of ether oxygens (including phenoxy) is 2. The Labute approximate surface area is 164 Å². The fraction of sp³-hybridized carbons (Fsp3) is 0.211. The molecule has 2 amide bonds. The van der Waals surface area contributed by atoms with Gasteiger partial charge in [0.2, 0.25) is 12.0 Å². The molecule has 1 saturated heterocycles. The van der Waals surface area contributed by atoms with Crippen molar-refractivity contribution in [1.29, 1.82) is 0 Å². The van der Waals surface area contributed by atoms with Crippen molar-refractivity contribution in [2.45, 2.75) is 6.10 Å². The molecule has 2 aliphatic rings. The fourth-order valence-electron chi connectivity index (χ4n) is 3.41. The van der Waals surface area contributed by atoms with Crippen LogP contribution in [0.4, 0.5) is 11.4 Å². The van der Waals surface area contributed by atoms with Crippen molar-refractivity contribution < 1.29 is 28.8 Å². The second kappa shape index (κ2) is 6.89. The number of hydrogen-bond acceptors (Lipinski definition) is 8. The maximum absolute atomic E-state index is 13.1. The zero-order valence-electron chi connectivity index (χ0n) is 15.4. The molecule has 148 valence electrons. The van der Waals surface area contributed by atoms with Gasteiger partial charge >= 0.3 is 0 Å². The zero-order chi connectivity index (χ0) is 20.7. The number of anilines is 1. The minimum absolute atomic E-state index is 0.105. The number of nitro groups is 1. The molecule has 0 N–H and O–H groups in total. The van der Waals surface area contributed by atoms with Crippen LogP contribution in [0, 0.1) is 16.0 Å². The van der Waals surface area contributed by atoms with Crippen LogP contribution in [0.25, 0.3) is 0 Å². The van der Waals surface area contributed by atoms with E-state index in [1.54, 1.807) is 18.2 Å². The lowest BCUT2D eigenvalue weighted by molar-refractivity contribution is -0.384. The van der Waals surface area contributed by atoms with Gasteiger partial charge in [0.1, 0.15) is 23.1 Å². The van der Waals surface area contributed by atoms with Crippen LogP contribution in [-0.2, 0) is 14.4 Å². The van der Waals surface area contributed by atoms with E-state index in [1.165, 1.54) is 38.5 Å². The Bertz CT molecular complexity index is 1070. The molecule has 4 rings (SSSR count). The normalized spacial score (nSPS) is 20.2. The quantitative estimate of drug-likeness (QED) is 0.429. The second-order valence-corrected chi connectivity index (χ2v) is 6.34. The van der Waals surface area contributed by atoms with Gasteiger partial charge in [-0.05, 0) is 18.2 Å². The average molecular weight is 397 g/mol. The number of methoxy groups -OCH3 is 2. The molecule has 2 aliphatic heterocycles. The number of oxime groups is 1. The standard InChI is InChI=1S/C19H15N3O7/c1-27-12-6-7-13(14(9-12)28-2)16-15-17(29-20-16)19(24)21(18(15)23)10-4-3-5-11(8-10)22(25)26/h3-9,15,17H,1-2H3. The SMILES string of the molecule is COc1ccc(C2=NOC3C(=O)N(c4cccc([N+](=O)[O-])c4)C(=O)C23)c(OC)c1. The van der Waals surface area contributed by atoms with E-state index in [9.17, 15) is 19.7 Å². The van der Waals surface area contributed by atoms with E-state index in [0.717, 1.165) is 4.90 Å². The molecule has 2 atom stereocenters. The van der Waals surface area contributed by atoms with Crippen molar-refractivity contribution in [2.75, 3.05) is 19.1 Å². The average Bonchev–Trinajstić information content (AvgIpc) is 3.27. The van der Waals surface area contributed by atoms with E-state index < -0.39 is 28.8 Å². The third kappa shape index (κ3) is 2.85. The number of non-ortho nitro benzene ring substituents is 1. The van der Waals surface area contributed by atoms with Crippen LogP contribution in [-0.4, -0.2) is 42.8 Å². The first kappa shape index (κ1) is 18.4. The topological polar surface area (TPSA) is 121 Å². The maximum atomic E-state index is 13.1. The van der Waals surface area contributed by atoms with Crippen molar-refractivity contribution in [1.82, 2.24) is 0 Å². The van der Waals surface area contributed by atoms with E-state index in [-0.39, 0.29) is 17.1 Å². The van der Waals surface area contributed by atoms with E-state index >= 15 is 0 Å². The summed E-state index contributed by atoms with van der Waals surface area (Å²) in [5.41, 5.74) is 0.615. The van der Waals surface area contributed by atoms with Crippen molar-refractivity contribution in [3.8, 4) is 11.5 Å². The lowest BCUT2D eigenvalue weighted by Crippen LogP contribution is -2.33. The van der Waals surface area contributed by atoms with Crippen LogP contribution in [0.3, 0.4) is 0 Å². The molecule has 29 heavy (non-hydrogen) atoms. The van der Waals surface area contributed by atoms with Crippen molar-refractivity contribution in [3.05, 3.63) is 58.1 Å². The summed E-state index contributed by atoms with van der Waals surface area (Å²) in [4.78, 5) is 42.5. The first-order chi connectivity index (χ1) is 14.0. The first-order valence-electron chi connectivity index (χ1n) is 8.54. The van der Waals surface area contributed by atoms with Crippen LogP contribution < -0.4 is 14.4 Å². The van der Waals surface area contributed by atoms with Gasteiger partial charge in [0.25, 0.3) is 11.6 Å². The maximum Gasteiger partial charge on any atom is 0.278 e. The molecule has 0 bridgehead atoms. The van der Waals surface area contributed by atoms with Crippen LogP contribution >= 0.6 is 0 Å². The molecule has 10 nitrogen and oxygen atoms in total. The van der Waals surface area contributed by atoms with Gasteiger partial charge in [0, 0.05) is 23.8 Å². The molecule has 0 radical (unpaired) electrons. The van der Waals surface area contributed by atoms with E-state index in [2.05, 4.69) is 5.16 Å². The number of carbonyl (C=O) groups is 2. The van der Waals surface area contributed by atoms with Gasteiger partial charge < -0.3 is 14.3 Å². The van der Waals surface area contributed by atoms with Crippen LogP contribution in [0.1, 0.15) is 5.56 Å². The largest absolute Gasteiger partial charge is 0.497 e. The van der Waals surface area contributed by atoms with Crippen molar-refractivity contribution >= 4 is 28.9 Å². The molecule has 0 saturated carbocycles. The molecule has 2 aromatic rings. The molecule has 10 heteroatoms. The number of nitro benzene ring substituents is 1. The lowest BCUT2D eigenvalue weighted by Gasteiger charge is -2.16. The van der Waals surface area contributed by atoms with Gasteiger partial charge in [-0.3, -0.25) is 19.7 Å². The Balaban J connectivity index is 1.71. The zero-order valence-corrected chi connectivity index (χ0v) is 15.4. The first-order valence-corrected chi connectivity index (χ1v) is 8.54. The highest BCUT2D eigenvalue weighted by atomic mass is 16.7. The van der Waals surface area contributed by atoms with Crippen molar-refractivity contribution in [3.63, 3.8) is 0 Å². The number of imide groups is 1. The van der Waals surface area contributed by atoms with Gasteiger partial charge in [-0.15, -0.1) is 0 Å². The molecular formula is C19H15N3O7. The molecule has 0 aromatic heterocycles. The molecular weight excluding hydrogens is 382 g/mol. The number of nitrogens with zero attached hydrogens (tertiary/aromatic N) is 3. The second-order valence-electron chi connectivity index (χ2n) is 6.34. The van der Waals surface area contributed by atoms with Crippen molar-refractivity contribution in [2.24, 2.45) is 11.1 Å². The molecule has 0 aliphatic carbocycles. The van der Waals surface area contributed by atoms with Gasteiger partial charge in [-0.2, -0.15) is 0 Å². The van der Waals surface area contributed by atoms with Crippen LogP contribution in [0.2, 0.25) is 0 Å². The van der Waals surface area contributed by atoms with E-state index in [0.29, 0.717) is 17.1 Å². The Morgan fingerprint density at radius 2 is 1.90 bits per heavy atom. The van der Waals surface area contributed by atoms with Gasteiger partial charge in [0.05, 0.1) is 24.8 Å². The summed E-state index contributed by atoms with van der Waals surface area (Å²) in [6, 6.07) is 10.3. The number of fused-ring (bicyclic) bond motifs is 1. The Hall–Kier alpha value is -3.95. The van der Waals surface area contributed by atoms with Crippen LogP contribution in [0.5, 0.6) is 11.5 Å². The predicted octanol–water partition coefficient (Wildman–Crippen LogP) is 1.90. The van der Waals surface area contributed by atoms with Gasteiger partial charge in [-0.1, -0.05) is 11.2 Å². The molecule has 2 aromatic carbocycles. The Morgan fingerprint density at radius 3 is 2.59 bits per heavy atom. The molecule has 2 unspecified atom stereocenters. The Kier molecular flexibility index (Phi) is 4.38. The van der Waals surface area contributed by atoms with Gasteiger partial charge in [-0.25, -0.2) is 4.90 Å². The number of rotatable bonds is 5. The minimum Gasteiger partial charge on any atom is -0.497 e. The number of hydrogen-bond donors (Lipinski definition) is 0.